The summed E-state index contributed by atoms with van der Waals surface area (Å²) in [5, 5.41) is 15.0. The maximum atomic E-state index is 4.89. The van der Waals surface area contributed by atoms with Crippen LogP contribution >= 0.6 is 0 Å². The van der Waals surface area contributed by atoms with E-state index in [1.165, 1.54) is 0 Å². The highest BCUT2D eigenvalue weighted by atomic mass is 16.5. The molecule has 7 nitrogen and oxygen atoms in total. The first kappa shape index (κ1) is 11.5. The van der Waals surface area contributed by atoms with Crippen molar-refractivity contribution in [3.8, 4) is 0 Å². The van der Waals surface area contributed by atoms with Gasteiger partial charge in [0, 0.05) is 19.9 Å². The van der Waals surface area contributed by atoms with E-state index < -0.39 is 0 Å². The van der Waals surface area contributed by atoms with Gasteiger partial charge < -0.3 is 9.84 Å². The Kier molecular flexibility index (Phi) is 3.01. The van der Waals surface area contributed by atoms with Crippen molar-refractivity contribution < 1.29 is 4.52 Å². The summed E-state index contributed by atoms with van der Waals surface area (Å²) in [6, 6.07) is 7.60. The highest BCUT2D eigenvalue weighted by Crippen LogP contribution is 2.08. The van der Waals surface area contributed by atoms with Crippen LogP contribution in [-0.4, -0.2) is 31.9 Å². The number of nitrogens with one attached hydrogen (secondary N) is 1. The number of fused-ring (bicyclic) bond motifs is 1. The normalized spacial score (nSPS) is 10.8. The predicted octanol–water partition coefficient (Wildman–Crippen LogP) is 1.37. The third-order valence-electron chi connectivity index (χ3n) is 2.56. The number of hydrogen-bond acceptors (Lipinski definition) is 7. The van der Waals surface area contributed by atoms with Crippen LogP contribution < -0.4 is 5.32 Å². The van der Waals surface area contributed by atoms with Gasteiger partial charge in [-0.3, -0.25) is 0 Å². The average molecular weight is 256 g/mol. The van der Waals surface area contributed by atoms with Crippen LogP contribution in [-0.2, 0) is 6.42 Å². The van der Waals surface area contributed by atoms with Crippen LogP contribution in [0.5, 0.6) is 0 Å². The Labute approximate surface area is 109 Å². The Balaban J connectivity index is 1.65. The fourth-order valence-corrected chi connectivity index (χ4v) is 1.68. The first-order valence-electron chi connectivity index (χ1n) is 5.94. The lowest BCUT2D eigenvalue weighted by atomic mass is 10.3. The summed E-state index contributed by atoms with van der Waals surface area (Å²) >= 11 is 0. The van der Waals surface area contributed by atoms with Gasteiger partial charge in [0.1, 0.15) is 5.52 Å². The molecule has 0 aliphatic heterocycles. The molecule has 7 heteroatoms. The fourth-order valence-electron chi connectivity index (χ4n) is 1.68. The van der Waals surface area contributed by atoms with Crippen LogP contribution in [0.1, 0.15) is 11.7 Å². The summed E-state index contributed by atoms with van der Waals surface area (Å²) in [4.78, 5) is 8.48. The summed E-state index contributed by atoms with van der Waals surface area (Å²) in [5.74, 6) is 1.73. The number of aromatic nitrogens is 5. The van der Waals surface area contributed by atoms with E-state index in [0.29, 0.717) is 30.6 Å². The monoisotopic (exact) mass is 256 g/mol. The van der Waals surface area contributed by atoms with Crippen LogP contribution in [0.25, 0.3) is 11.0 Å². The van der Waals surface area contributed by atoms with E-state index in [2.05, 4.69) is 30.6 Å². The van der Waals surface area contributed by atoms with Gasteiger partial charge >= 0.3 is 0 Å². The summed E-state index contributed by atoms with van der Waals surface area (Å²) in [6.45, 7) is 2.39. The van der Waals surface area contributed by atoms with Crippen LogP contribution in [0, 0.1) is 6.92 Å². The Bertz CT molecular complexity index is 695. The van der Waals surface area contributed by atoms with Crippen molar-refractivity contribution in [2.24, 2.45) is 0 Å². The number of rotatable bonds is 4. The topological polar surface area (TPSA) is 89.6 Å². The van der Waals surface area contributed by atoms with Crippen LogP contribution in [0.15, 0.2) is 28.8 Å². The van der Waals surface area contributed by atoms with Gasteiger partial charge in [0.15, 0.2) is 5.82 Å². The van der Waals surface area contributed by atoms with Crippen LogP contribution in [0.2, 0.25) is 0 Å². The van der Waals surface area contributed by atoms with E-state index in [4.69, 9.17) is 4.52 Å². The maximum absolute atomic E-state index is 4.89. The van der Waals surface area contributed by atoms with Crippen LogP contribution in [0.4, 0.5) is 5.95 Å². The second-order valence-corrected chi connectivity index (χ2v) is 4.03. The quantitative estimate of drug-likeness (QED) is 0.753. The van der Waals surface area contributed by atoms with Gasteiger partial charge in [-0.25, -0.2) is 4.98 Å². The van der Waals surface area contributed by atoms with Gasteiger partial charge in [0.25, 0.3) is 0 Å². The Morgan fingerprint density at radius 2 is 1.95 bits per heavy atom. The van der Waals surface area contributed by atoms with E-state index in [0.717, 1.165) is 11.0 Å². The summed E-state index contributed by atoms with van der Waals surface area (Å²) in [5.41, 5.74) is 1.59. The van der Waals surface area contributed by atoms with Crippen molar-refractivity contribution in [1.29, 1.82) is 0 Å². The van der Waals surface area contributed by atoms with E-state index in [-0.39, 0.29) is 0 Å². The van der Waals surface area contributed by atoms with Gasteiger partial charge in [-0.1, -0.05) is 17.3 Å². The number of anilines is 1. The van der Waals surface area contributed by atoms with Gasteiger partial charge in [-0.2, -0.15) is 4.98 Å². The molecule has 0 fully saturated rings. The molecule has 0 bridgehead atoms. The van der Waals surface area contributed by atoms with Gasteiger partial charge in [0.2, 0.25) is 11.8 Å². The number of hydrogen-bond donors (Lipinski definition) is 1. The number of para-hydroxylation sites is 1. The van der Waals surface area contributed by atoms with Crippen molar-refractivity contribution in [3.05, 3.63) is 36.0 Å². The molecule has 0 atom stereocenters. The molecular weight excluding hydrogens is 244 g/mol. The molecule has 0 radical (unpaired) electrons. The molecule has 0 spiro atoms. The molecule has 3 aromatic rings. The van der Waals surface area contributed by atoms with Gasteiger partial charge in [-0.15, -0.1) is 10.2 Å². The minimum atomic E-state index is 0.499. The fraction of sp³-hybridized carbons (Fsp3) is 0.250. The highest BCUT2D eigenvalue weighted by molar-refractivity contribution is 5.73. The van der Waals surface area contributed by atoms with Crippen molar-refractivity contribution >= 4 is 17.0 Å². The molecule has 0 aliphatic carbocycles. The first-order chi connectivity index (χ1) is 9.31. The molecule has 0 aliphatic rings. The summed E-state index contributed by atoms with van der Waals surface area (Å²) in [7, 11) is 0. The molecule has 1 N–H and O–H groups in total. The zero-order valence-corrected chi connectivity index (χ0v) is 10.4. The average Bonchev–Trinajstić information content (AvgIpc) is 2.84. The second kappa shape index (κ2) is 4.97. The third-order valence-corrected chi connectivity index (χ3v) is 2.56. The highest BCUT2D eigenvalue weighted by Gasteiger charge is 2.03. The largest absolute Gasteiger partial charge is 0.352 e. The van der Waals surface area contributed by atoms with Gasteiger partial charge in [0.05, 0.1) is 5.52 Å². The smallest absolute Gasteiger partial charge is 0.243 e. The van der Waals surface area contributed by atoms with Crippen molar-refractivity contribution in [1.82, 2.24) is 25.3 Å². The molecule has 2 aromatic heterocycles. The molecule has 0 amide bonds. The lowest BCUT2D eigenvalue weighted by molar-refractivity contribution is 0.387. The lowest BCUT2D eigenvalue weighted by Gasteiger charge is -2.02. The number of benzene rings is 1. The molecule has 19 heavy (non-hydrogen) atoms. The minimum Gasteiger partial charge on any atom is -0.352 e. The van der Waals surface area contributed by atoms with E-state index in [1.807, 2.05) is 24.3 Å². The molecule has 0 saturated heterocycles. The Morgan fingerprint density at radius 3 is 2.74 bits per heavy atom. The first-order valence-corrected chi connectivity index (χ1v) is 5.94. The number of aryl methyl sites for hydroxylation is 1. The predicted molar refractivity (Wildman–Crippen MR) is 68.6 cm³/mol. The molecule has 96 valence electrons. The summed E-state index contributed by atoms with van der Waals surface area (Å²) < 4.78 is 4.89. The zero-order chi connectivity index (χ0) is 13.1. The van der Waals surface area contributed by atoms with Crippen molar-refractivity contribution in [2.75, 3.05) is 11.9 Å². The molecular formula is C12H12N6O. The molecule has 0 unspecified atom stereocenters. The van der Waals surface area contributed by atoms with E-state index >= 15 is 0 Å². The SMILES string of the molecule is Cc1nc(CCNc2nnc3ccccc3n2)no1. The van der Waals surface area contributed by atoms with Crippen molar-refractivity contribution in [3.63, 3.8) is 0 Å². The molecule has 2 heterocycles. The molecule has 0 saturated carbocycles. The minimum absolute atomic E-state index is 0.499. The van der Waals surface area contributed by atoms with E-state index in [9.17, 15) is 0 Å². The number of nitrogens with zero attached hydrogens (tertiary/aromatic N) is 5. The second-order valence-electron chi connectivity index (χ2n) is 4.03. The molecule has 3 rings (SSSR count). The molecule has 1 aromatic carbocycles. The third kappa shape index (κ3) is 2.65. The van der Waals surface area contributed by atoms with Gasteiger partial charge in [-0.05, 0) is 12.1 Å². The van der Waals surface area contributed by atoms with E-state index in [1.54, 1.807) is 6.92 Å². The standard InChI is InChI=1S/C12H12N6O/c1-8-14-11(18-19-8)6-7-13-12-15-9-4-2-3-5-10(9)16-17-12/h2-5H,6-7H2,1H3,(H,13,15,17). The zero-order valence-electron chi connectivity index (χ0n) is 10.4. The maximum Gasteiger partial charge on any atom is 0.243 e. The van der Waals surface area contributed by atoms with Crippen LogP contribution in [0.3, 0.4) is 0 Å². The van der Waals surface area contributed by atoms with Crippen molar-refractivity contribution in [2.45, 2.75) is 13.3 Å². The lowest BCUT2D eigenvalue weighted by Crippen LogP contribution is -2.09. The Morgan fingerprint density at radius 1 is 1.11 bits per heavy atom. The summed E-state index contributed by atoms with van der Waals surface area (Å²) in [6.07, 6.45) is 0.646. The Hall–Kier alpha value is -2.57.